The maximum atomic E-state index is 10.8. The van der Waals surface area contributed by atoms with Gasteiger partial charge in [-0.25, -0.2) is 0 Å². The van der Waals surface area contributed by atoms with Crippen molar-refractivity contribution >= 4 is 46.2 Å². The molecule has 0 aliphatic heterocycles. The molecule has 0 spiro atoms. The van der Waals surface area contributed by atoms with Gasteiger partial charge in [0.25, 0.3) is 5.69 Å². The minimum atomic E-state index is -0.473. The summed E-state index contributed by atoms with van der Waals surface area (Å²) in [5.74, 6) is 0.751. The van der Waals surface area contributed by atoms with Crippen LogP contribution >= 0.6 is 34.8 Å². The first-order valence-electron chi connectivity index (χ1n) is 9.46. The van der Waals surface area contributed by atoms with E-state index in [1.165, 1.54) is 12.1 Å². The molecule has 0 heterocycles. The van der Waals surface area contributed by atoms with Crippen molar-refractivity contribution < 1.29 is 9.66 Å². The maximum Gasteiger partial charge on any atom is 0.271 e. The maximum absolute atomic E-state index is 10.8. The first-order chi connectivity index (χ1) is 14.9. The van der Waals surface area contributed by atoms with Crippen molar-refractivity contribution in [1.82, 2.24) is 5.32 Å². The van der Waals surface area contributed by atoms with Gasteiger partial charge in [-0.15, -0.1) is 0 Å². The monoisotopic (exact) mass is 479 g/mol. The summed E-state index contributed by atoms with van der Waals surface area (Å²) in [4.78, 5) is 10.3. The van der Waals surface area contributed by atoms with Crippen LogP contribution in [-0.4, -0.2) is 18.0 Å². The molecule has 31 heavy (non-hydrogen) atoms. The summed E-state index contributed by atoms with van der Waals surface area (Å²) in [6.45, 7) is 2.31. The highest BCUT2D eigenvalue weighted by Crippen LogP contribution is 2.26. The smallest absolute Gasteiger partial charge is 0.271 e. The molecule has 2 N–H and O–H groups in total. The van der Waals surface area contributed by atoms with Crippen molar-refractivity contribution in [3.8, 4) is 5.75 Å². The highest BCUT2D eigenvalue weighted by molar-refractivity contribution is 6.35. The molecule has 0 saturated carbocycles. The Balaban J connectivity index is 1.43. The van der Waals surface area contributed by atoms with E-state index in [9.17, 15) is 10.1 Å². The fourth-order valence-corrected chi connectivity index (χ4v) is 3.53. The molecule has 0 amide bonds. The summed E-state index contributed by atoms with van der Waals surface area (Å²) < 4.78 is 5.85. The van der Waals surface area contributed by atoms with E-state index in [1.807, 2.05) is 30.3 Å². The number of nitrogens with one attached hydrogen (secondary N) is 2. The molecule has 3 aromatic rings. The van der Waals surface area contributed by atoms with Gasteiger partial charge in [0.2, 0.25) is 0 Å². The average molecular weight is 481 g/mol. The predicted molar refractivity (Wildman–Crippen MR) is 126 cm³/mol. The normalized spacial score (nSPS) is 10.7. The van der Waals surface area contributed by atoms with Gasteiger partial charge >= 0.3 is 0 Å². The Bertz CT molecular complexity index is 1060. The fourth-order valence-electron chi connectivity index (χ4n) is 2.82. The minimum Gasteiger partial charge on any atom is -0.489 e. The number of nitro groups is 1. The van der Waals surface area contributed by atoms with Crippen molar-refractivity contribution in [2.24, 2.45) is 0 Å². The van der Waals surface area contributed by atoms with Gasteiger partial charge in [0.05, 0.1) is 15.6 Å². The lowest BCUT2D eigenvalue weighted by Crippen LogP contribution is -2.21. The molecule has 3 rings (SSSR count). The number of halogens is 3. The summed E-state index contributed by atoms with van der Waals surface area (Å²) in [5.41, 5.74) is 2.57. The van der Waals surface area contributed by atoms with Gasteiger partial charge < -0.3 is 15.4 Å². The van der Waals surface area contributed by atoms with E-state index in [-0.39, 0.29) is 5.69 Å². The van der Waals surface area contributed by atoms with Gasteiger partial charge in [-0.1, -0.05) is 53.0 Å². The summed E-state index contributed by atoms with van der Waals surface area (Å²) in [5, 5.41) is 18.7. The molecule has 0 aromatic heterocycles. The van der Waals surface area contributed by atoms with Crippen molar-refractivity contribution in [1.29, 1.82) is 0 Å². The molecule has 0 bridgehead atoms. The first-order valence-corrected chi connectivity index (χ1v) is 10.6. The first kappa shape index (κ1) is 23.2. The second kappa shape index (κ2) is 11.2. The van der Waals surface area contributed by atoms with Gasteiger partial charge in [0.15, 0.2) is 0 Å². The molecular formula is C22H20Cl3N3O3. The molecule has 6 nitrogen and oxygen atoms in total. The molecule has 0 radical (unpaired) electrons. The van der Waals surface area contributed by atoms with E-state index in [0.717, 1.165) is 16.9 Å². The number of nitro benzene ring substituents is 1. The number of hydrogen-bond acceptors (Lipinski definition) is 5. The zero-order valence-electron chi connectivity index (χ0n) is 16.4. The Kier molecular flexibility index (Phi) is 8.37. The third kappa shape index (κ3) is 7.01. The number of hydrogen-bond donors (Lipinski definition) is 2. The molecule has 3 aromatic carbocycles. The van der Waals surface area contributed by atoms with Crippen LogP contribution in [0.4, 0.5) is 11.4 Å². The Labute approximate surface area is 195 Å². The standard InChI is InChI=1S/C22H20Cl3N3O3/c23-17-5-4-16(20(24)11-17)14-31-19-3-1-2-15(10-19)13-26-8-9-27-22-7-6-18(28(29)30)12-21(22)25/h1-7,10-12,26-27H,8-9,13-14H2. The fraction of sp³-hybridized carbons (Fsp3) is 0.182. The number of anilines is 1. The Morgan fingerprint density at radius 3 is 2.52 bits per heavy atom. The van der Waals surface area contributed by atoms with Crippen molar-refractivity contribution in [2.75, 3.05) is 18.4 Å². The van der Waals surface area contributed by atoms with E-state index in [4.69, 9.17) is 39.5 Å². The number of non-ortho nitro benzene ring substituents is 1. The summed E-state index contributed by atoms with van der Waals surface area (Å²) in [6.07, 6.45) is 0. The predicted octanol–water partition coefficient (Wildman–Crippen LogP) is 6.34. The van der Waals surface area contributed by atoms with Gasteiger partial charge in [0, 0.05) is 47.4 Å². The van der Waals surface area contributed by atoms with Crippen LogP contribution in [0.25, 0.3) is 0 Å². The number of rotatable bonds is 10. The van der Waals surface area contributed by atoms with E-state index in [1.54, 1.807) is 18.2 Å². The van der Waals surface area contributed by atoms with Gasteiger partial charge in [-0.3, -0.25) is 10.1 Å². The summed E-state index contributed by atoms with van der Waals surface area (Å²) in [7, 11) is 0. The highest BCUT2D eigenvalue weighted by atomic mass is 35.5. The number of benzene rings is 3. The quantitative estimate of drug-likeness (QED) is 0.201. The molecule has 0 aliphatic rings. The molecular weight excluding hydrogens is 461 g/mol. The van der Waals surface area contributed by atoms with Gasteiger partial charge in [-0.05, 0) is 35.9 Å². The number of nitrogens with zero attached hydrogens (tertiary/aromatic N) is 1. The lowest BCUT2D eigenvalue weighted by atomic mass is 10.2. The molecule has 0 unspecified atom stereocenters. The van der Waals surface area contributed by atoms with Crippen LogP contribution in [0, 0.1) is 10.1 Å². The third-order valence-corrected chi connectivity index (χ3v) is 5.32. The number of ether oxygens (including phenoxy) is 1. The zero-order valence-corrected chi connectivity index (χ0v) is 18.7. The van der Waals surface area contributed by atoms with Crippen molar-refractivity contribution in [3.63, 3.8) is 0 Å². The van der Waals surface area contributed by atoms with Crippen LogP contribution in [0.2, 0.25) is 15.1 Å². The molecule has 162 valence electrons. The molecule has 9 heteroatoms. The van der Waals surface area contributed by atoms with Crippen LogP contribution in [0.15, 0.2) is 60.7 Å². The molecule has 0 fully saturated rings. The SMILES string of the molecule is O=[N+]([O-])c1ccc(NCCNCc2cccc(OCc3ccc(Cl)cc3Cl)c2)c(Cl)c1. The summed E-state index contributed by atoms with van der Waals surface area (Å²) in [6, 6.07) is 17.5. The van der Waals surface area contributed by atoms with E-state index in [0.29, 0.717) is 47.0 Å². The van der Waals surface area contributed by atoms with E-state index >= 15 is 0 Å². The second-order valence-corrected chi connectivity index (χ2v) is 7.95. The van der Waals surface area contributed by atoms with E-state index < -0.39 is 4.92 Å². The molecule has 0 atom stereocenters. The van der Waals surface area contributed by atoms with Crippen LogP contribution in [0.1, 0.15) is 11.1 Å². The summed E-state index contributed by atoms with van der Waals surface area (Å²) >= 11 is 18.2. The Hall–Kier alpha value is -2.51. The van der Waals surface area contributed by atoms with Crippen LogP contribution in [0.3, 0.4) is 0 Å². The molecule has 0 saturated heterocycles. The highest BCUT2D eigenvalue weighted by Gasteiger charge is 2.09. The topological polar surface area (TPSA) is 76.4 Å². The average Bonchev–Trinajstić information content (AvgIpc) is 2.74. The Morgan fingerprint density at radius 2 is 1.77 bits per heavy atom. The van der Waals surface area contributed by atoms with Crippen molar-refractivity contribution in [3.05, 3.63) is 97.0 Å². The largest absolute Gasteiger partial charge is 0.489 e. The van der Waals surface area contributed by atoms with Gasteiger partial charge in [0.1, 0.15) is 12.4 Å². The lowest BCUT2D eigenvalue weighted by molar-refractivity contribution is -0.384. The second-order valence-electron chi connectivity index (χ2n) is 6.70. The van der Waals surface area contributed by atoms with E-state index in [2.05, 4.69) is 10.6 Å². The van der Waals surface area contributed by atoms with Crippen LogP contribution in [0.5, 0.6) is 5.75 Å². The minimum absolute atomic E-state index is 0.0332. The van der Waals surface area contributed by atoms with Gasteiger partial charge in [-0.2, -0.15) is 0 Å². The van der Waals surface area contributed by atoms with Crippen molar-refractivity contribution in [2.45, 2.75) is 13.2 Å². The lowest BCUT2D eigenvalue weighted by Gasteiger charge is -2.11. The van der Waals surface area contributed by atoms with Crippen LogP contribution < -0.4 is 15.4 Å². The zero-order chi connectivity index (χ0) is 22.2. The Morgan fingerprint density at radius 1 is 0.935 bits per heavy atom. The third-order valence-electron chi connectivity index (χ3n) is 4.42. The van der Waals surface area contributed by atoms with Crippen LogP contribution in [-0.2, 0) is 13.2 Å². The molecule has 0 aliphatic carbocycles.